The third kappa shape index (κ3) is 3.96. The lowest BCUT2D eigenvalue weighted by Crippen LogP contribution is -2.28. The molecule has 1 aliphatic heterocycles. The highest BCUT2D eigenvalue weighted by Gasteiger charge is 2.20. The van der Waals surface area contributed by atoms with Gasteiger partial charge >= 0.3 is 0 Å². The molecule has 0 spiro atoms. The zero-order valence-electron chi connectivity index (χ0n) is 15.1. The molecule has 0 radical (unpaired) electrons. The Morgan fingerprint density at radius 1 is 1.40 bits per heavy atom. The van der Waals surface area contributed by atoms with E-state index in [0.29, 0.717) is 12.4 Å². The summed E-state index contributed by atoms with van der Waals surface area (Å²) in [6.45, 7) is 8.64. The van der Waals surface area contributed by atoms with Crippen LogP contribution < -0.4 is 5.32 Å². The summed E-state index contributed by atoms with van der Waals surface area (Å²) in [4.78, 5) is 17.8. The Bertz CT molecular complexity index is 783. The van der Waals surface area contributed by atoms with Gasteiger partial charge in [0.05, 0.1) is 18.3 Å². The molecule has 0 unspecified atom stereocenters. The molecule has 3 heterocycles. The van der Waals surface area contributed by atoms with Crippen LogP contribution in [-0.2, 0) is 12.1 Å². The van der Waals surface area contributed by atoms with Crippen LogP contribution in [0, 0.1) is 0 Å². The summed E-state index contributed by atoms with van der Waals surface area (Å²) < 4.78 is 7.14. The fourth-order valence-electron chi connectivity index (χ4n) is 2.69. The standard InChI is InChI=1S/C17H24N6O2/c1-17(2,3)23-10-13(9-19-23)12-5-7-22(8-6-12)11-14-20-15(21-25-14)16(24)18-4/h5,9-10H,6-8,11H2,1-4H3,(H,18,24). The summed E-state index contributed by atoms with van der Waals surface area (Å²) >= 11 is 0. The van der Waals surface area contributed by atoms with Gasteiger partial charge in [-0.15, -0.1) is 0 Å². The lowest BCUT2D eigenvalue weighted by atomic mass is 10.0. The number of rotatable bonds is 4. The number of aromatic nitrogens is 4. The number of carbonyl (C=O) groups excluding carboxylic acids is 1. The molecular weight excluding hydrogens is 320 g/mol. The van der Waals surface area contributed by atoms with E-state index in [2.05, 4.69) is 58.5 Å². The molecule has 134 valence electrons. The van der Waals surface area contributed by atoms with Gasteiger partial charge in [0.2, 0.25) is 5.89 Å². The van der Waals surface area contributed by atoms with Crippen molar-refractivity contribution in [2.45, 2.75) is 39.3 Å². The first-order valence-electron chi connectivity index (χ1n) is 8.38. The highest BCUT2D eigenvalue weighted by molar-refractivity contribution is 5.89. The van der Waals surface area contributed by atoms with E-state index in [9.17, 15) is 4.79 Å². The van der Waals surface area contributed by atoms with Crippen molar-refractivity contribution in [3.05, 3.63) is 35.7 Å². The number of hydrogen-bond donors (Lipinski definition) is 1. The Hall–Kier alpha value is -2.48. The topological polar surface area (TPSA) is 89.1 Å². The number of carbonyl (C=O) groups is 1. The average molecular weight is 344 g/mol. The van der Waals surface area contributed by atoms with Gasteiger partial charge in [-0.3, -0.25) is 14.4 Å². The molecule has 8 heteroatoms. The monoisotopic (exact) mass is 344 g/mol. The van der Waals surface area contributed by atoms with Crippen molar-refractivity contribution >= 4 is 11.5 Å². The van der Waals surface area contributed by atoms with E-state index in [-0.39, 0.29) is 17.3 Å². The van der Waals surface area contributed by atoms with Crippen molar-refractivity contribution < 1.29 is 9.32 Å². The van der Waals surface area contributed by atoms with Crippen LogP contribution in [0.5, 0.6) is 0 Å². The fraction of sp³-hybridized carbons (Fsp3) is 0.529. The van der Waals surface area contributed by atoms with Gasteiger partial charge in [-0.05, 0) is 32.8 Å². The maximum atomic E-state index is 11.5. The molecule has 2 aromatic rings. The number of nitrogens with zero attached hydrogens (tertiary/aromatic N) is 5. The summed E-state index contributed by atoms with van der Waals surface area (Å²) in [5, 5.41) is 10.6. The third-order valence-corrected chi connectivity index (χ3v) is 4.19. The molecule has 1 aliphatic rings. The Balaban J connectivity index is 1.61. The normalized spacial score (nSPS) is 15.9. The molecule has 0 saturated heterocycles. The summed E-state index contributed by atoms with van der Waals surface area (Å²) in [6, 6.07) is 0. The predicted octanol–water partition coefficient (Wildman–Crippen LogP) is 1.67. The minimum absolute atomic E-state index is 0.0139. The summed E-state index contributed by atoms with van der Waals surface area (Å²) in [7, 11) is 1.54. The van der Waals surface area contributed by atoms with E-state index in [0.717, 1.165) is 19.5 Å². The first-order chi connectivity index (χ1) is 11.9. The lowest BCUT2D eigenvalue weighted by Gasteiger charge is -2.24. The van der Waals surface area contributed by atoms with E-state index >= 15 is 0 Å². The lowest BCUT2D eigenvalue weighted by molar-refractivity contribution is 0.0950. The minimum atomic E-state index is -0.341. The van der Waals surface area contributed by atoms with Gasteiger partial charge in [-0.2, -0.15) is 10.1 Å². The predicted molar refractivity (Wildman–Crippen MR) is 92.8 cm³/mol. The molecule has 0 saturated carbocycles. The van der Waals surface area contributed by atoms with Crippen LogP contribution in [-0.4, -0.2) is 50.9 Å². The van der Waals surface area contributed by atoms with Gasteiger partial charge in [0.25, 0.3) is 11.7 Å². The molecule has 0 fully saturated rings. The second kappa shape index (κ2) is 6.79. The van der Waals surface area contributed by atoms with Crippen molar-refractivity contribution in [3.8, 4) is 0 Å². The second-order valence-electron chi connectivity index (χ2n) is 7.15. The van der Waals surface area contributed by atoms with Crippen LogP contribution in [0.25, 0.3) is 5.57 Å². The van der Waals surface area contributed by atoms with E-state index in [4.69, 9.17) is 4.52 Å². The minimum Gasteiger partial charge on any atom is -0.352 e. The van der Waals surface area contributed by atoms with Crippen molar-refractivity contribution in [1.29, 1.82) is 0 Å². The van der Waals surface area contributed by atoms with E-state index in [1.54, 1.807) is 0 Å². The quantitative estimate of drug-likeness (QED) is 0.907. The van der Waals surface area contributed by atoms with Crippen molar-refractivity contribution in [3.63, 3.8) is 0 Å². The second-order valence-corrected chi connectivity index (χ2v) is 7.15. The van der Waals surface area contributed by atoms with Crippen LogP contribution in [0.15, 0.2) is 23.0 Å². The van der Waals surface area contributed by atoms with Gasteiger partial charge in [0.1, 0.15) is 0 Å². The van der Waals surface area contributed by atoms with Gasteiger partial charge in [0.15, 0.2) is 0 Å². The number of amides is 1. The van der Waals surface area contributed by atoms with E-state index in [1.165, 1.54) is 18.2 Å². The van der Waals surface area contributed by atoms with Crippen molar-refractivity contribution in [2.75, 3.05) is 20.1 Å². The zero-order chi connectivity index (χ0) is 18.0. The highest BCUT2D eigenvalue weighted by atomic mass is 16.5. The molecule has 0 aliphatic carbocycles. The zero-order valence-corrected chi connectivity index (χ0v) is 15.1. The molecule has 0 atom stereocenters. The molecule has 3 rings (SSSR count). The Morgan fingerprint density at radius 2 is 2.20 bits per heavy atom. The molecule has 1 N–H and O–H groups in total. The molecule has 1 amide bonds. The Morgan fingerprint density at radius 3 is 2.80 bits per heavy atom. The van der Waals surface area contributed by atoms with Gasteiger partial charge in [-0.1, -0.05) is 11.2 Å². The van der Waals surface area contributed by atoms with Crippen LogP contribution in [0.3, 0.4) is 0 Å². The van der Waals surface area contributed by atoms with Gasteiger partial charge in [0, 0.05) is 31.9 Å². The molecule has 25 heavy (non-hydrogen) atoms. The molecule has 8 nitrogen and oxygen atoms in total. The first-order valence-corrected chi connectivity index (χ1v) is 8.38. The maximum absolute atomic E-state index is 11.5. The maximum Gasteiger partial charge on any atom is 0.292 e. The molecular formula is C17H24N6O2. The van der Waals surface area contributed by atoms with Crippen LogP contribution in [0.1, 0.15) is 49.3 Å². The Kier molecular flexibility index (Phi) is 4.71. The Labute approximate surface area is 146 Å². The number of hydrogen-bond acceptors (Lipinski definition) is 6. The van der Waals surface area contributed by atoms with Gasteiger partial charge in [-0.25, -0.2) is 0 Å². The largest absolute Gasteiger partial charge is 0.352 e. The smallest absolute Gasteiger partial charge is 0.292 e. The first kappa shape index (κ1) is 17.3. The van der Waals surface area contributed by atoms with Crippen LogP contribution in [0.2, 0.25) is 0 Å². The molecule has 0 aromatic carbocycles. The third-order valence-electron chi connectivity index (χ3n) is 4.19. The SMILES string of the molecule is CNC(=O)c1noc(CN2CC=C(c3cnn(C(C)(C)C)c3)CC2)n1. The average Bonchev–Trinajstić information content (AvgIpc) is 3.24. The number of nitrogens with one attached hydrogen (secondary N) is 1. The van der Waals surface area contributed by atoms with Crippen LogP contribution >= 0.6 is 0 Å². The summed E-state index contributed by atoms with van der Waals surface area (Å²) in [5.74, 6) is 0.183. The molecule has 0 bridgehead atoms. The fourth-order valence-corrected chi connectivity index (χ4v) is 2.69. The van der Waals surface area contributed by atoms with E-state index in [1.807, 2.05) is 10.9 Å². The van der Waals surface area contributed by atoms with Crippen molar-refractivity contribution in [1.82, 2.24) is 30.1 Å². The summed E-state index contributed by atoms with van der Waals surface area (Å²) in [5.41, 5.74) is 2.47. The molecule has 2 aromatic heterocycles. The van der Waals surface area contributed by atoms with Crippen molar-refractivity contribution in [2.24, 2.45) is 0 Å². The van der Waals surface area contributed by atoms with Gasteiger partial charge < -0.3 is 9.84 Å². The highest BCUT2D eigenvalue weighted by Crippen LogP contribution is 2.24. The van der Waals surface area contributed by atoms with Crippen LogP contribution in [0.4, 0.5) is 0 Å². The summed E-state index contributed by atoms with van der Waals surface area (Å²) in [6.07, 6.45) is 7.19. The van der Waals surface area contributed by atoms with E-state index < -0.39 is 0 Å².